The van der Waals surface area contributed by atoms with Gasteiger partial charge in [-0.2, -0.15) is 0 Å². The van der Waals surface area contributed by atoms with Gasteiger partial charge in [0.25, 0.3) is 0 Å². The molecule has 0 saturated heterocycles. The van der Waals surface area contributed by atoms with Crippen molar-refractivity contribution in [2.45, 2.75) is 20.3 Å². The highest BCUT2D eigenvalue weighted by Gasteiger charge is 2.00. The fourth-order valence-electron chi connectivity index (χ4n) is 2.20. The fraction of sp³-hybridized carbons (Fsp3) is 0.632. The maximum absolute atomic E-state index is 5.72. The van der Waals surface area contributed by atoms with Gasteiger partial charge in [-0.15, -0.1) is 24.0 Å². The number of benzene rings is 1. The van der Waals surface area contributed by atoms with E-state index in [0.29, 0.717) is 13.2 Å². The van der Waals surface area contributed by atoms with Crippen molar-refractivity contribution in [1.82, 2.24) is 15.5 Å². The quantitative estimate of drug-likeness (QED) is 0.209. The summed E-state index contributed by atoms with van der Waals surface area (Å²) < 4.78 is 10.8. The van der Waals surface area contributed by atoms with Crippen LogP contribution >= 0.6 is 24.0 Å². The van der Waals surface area contributed by atoms with Gasteiger partial charge in [-0.3, -0.25) is 4.99 Å². The minimum atomic E-state index is 0. The van der Waals surface area contributed by atoms with E-state index in [1.807, 2.05) is 12.1 Å². The molecule has 0 spiro atoms. The first-order valence-corrected chi connectivity index (χ1v) is 9.04. The van der Waals surface area contributed by atoms with Crippen molar-refractivity contribution in [3.05, 3.63) is 29.8 Å². The van der Waals surface area contributed by atoms with E-state index < -0.39 is 0 Å². The summed E-state index contributed by atoms with van der Waals surface area (Å²) in [4.78, 5) is 6.86. The number of ether oxygens (including phenoxy) is 2. The number of nitrogens with zero attached hydrogens (tertiary/aromatic N) is 2. The first-order valence-electron chi connectivity index (χ1n) is 9.04. The van der Waals surface area contributed by atoms with Crippen LogP contribution in [0.3, 0.4) is 0 Å². The van der Waals surface area contributed by atoms with Gasteiger partial charge < -0.3 is 25.0 Å². The van der Waals surface area contributed by atoms with E-state index in [9.17, 15) is 0 Å². The molecule has 0 bridgehead atoms. The van der Waals surface area contributed by atoms with Gasteiger partial charge >= 0.3 is 0 Å². The van der Waals surface area contributed by atoms with Crippen LogP contribution in [0.1, 0.15) is 18.9 Å². The number of halogens is 1. The van der Waals surface area contributed by atoms with Crippen LogP contribution in [0.25, 0.3) is 0 Å². The zero-order chi connectivity index (χ0) is 18.3. The summed E-state index contributed by atoms with van der Waals surface area (Å²) in [7, 11) is 3.84. The van der Waals surface area contributed by atoms with Crippen molar-refractivity contribution in [1.29, 1.82) is 0 Å². The second-order valence-corrected chi connectivity index (χ2v) is 6.00. The average Bonchev–Trinajstić information content (AvgIpc) is 2.61. The minimum absolute atomic E-state index is 0. The molecule has 0 heterocycles. The molecule has 1 aromatic rings. The summed E-state index contributed by atoms with van der Waals surface area (Å²) in [6, 6.07) is 8.10. The standard InChI is InChI=1S/C19H34N4O2.HI/c1-5-20-19(21-11-6-13-23(3)14-16-24-4)22-12-15-25-18-9-7-17(2)8-10-18;/h7-10H,5-6,11-16H2,1-4H3,(H2,20,21,22);1H. The van der Waals surface area contributed by atoms with Crippen molar-refractivity contribution in [3.8, 4) is 5.75 Å². The molecule has 0 unspecified atom stereocenters. The predicted octanol–water partition coefficient (Wildman–Crippen LogP) is 2.52. The molecule has 0 aliphatic rings. The normalized spacial score (nSPS) is 11.2. The first kappa shape index (κ1) is 24.9. The molecule has 0 aromatic heterocycles. The van der Waals surface area contributed by atoms with Gasteiger partial charge in [0.05, 0.1) is 13.2 Å². The van der Waals surface area contributed by atoms with E-state index >= 15 is 0 Å². The lowest BCUT2D eigenvalue weighted by Gasteiger charge is -2.15. The molecule has 26 heavy (non-hydrogen) atoms. The number of rotatable bonds is 12. The Balaban J connectivity index is 0.00000625. The predicted molar refractivity (Wildman–Crippen MR) is 120 cm³/mol. The van der Waals surface area contributed by atoms with Gasteiger partial charge in [0, 0.05) is 26.7 Å². The van der Waals surface area contributed by atoms with Crippen LogP contribution in [0.15, 0.2) is 29.3 Å². The molecule has 0 fully saturated rings. The fourth-order valence-corrected chi connectivity index (χ4v) is 2.20. The van der Waals surface area contributed by atoms with Gasteiger partial charge in [0.2, 0.25) is 0 Å². The van der Waals surface area contributed by atoms with Crippen molar-refractivity contribution in [3.63, 3.8) is 0 Å². The molecule has 1 rings (SSSR count). The summed E-state index contributed by atoms with van der Waals surface area (Å²) in [6.45, 7) is 9.84. The Hall–Kier alpha value is -1.06. The highest BCUT2D eigenvalue weighted by atomic mass is 127. The van der Waals surface area contributed by atoms with Crippen LogP contribution in [-0.4, -0.2) is 71.0 Å². The highest BCUT2D eigenvalue weighted by Crippen LogP contribution is 2.10. The van der Waals surface area contributed by atoms with Crippen LogP contribution in [-0.2, 0) is 4.74 Å². The van der Waals surface area contributed by atoms with Crippen molar-refractivity contribution in [2.24, 2.45) is 4.99 Å². The van der Waals surface area contributed by atoms with E-state index in [1.54, 1.807) is 7.11 Å². The monoisotopic (exact) mass is 478 g/mol. The minimum Gasteiger partial charge on any atom is -0.492 e. The number of methoxy groups -OCH3 is 1. The number of nitrogens with one attached hydrogen (secondary N) is 2. The Morgan fingerprint density at radius 2 is 1.85 bits per heavy atom. The third-order valence-corrected chi connectivity index (χ3v) is 3.67. The second-order valence-electron chi connectivity index (χ2n) is 6.00. The summed E-state index contributed by atoms with van der Waals surface area (Å²) in [5.74, 6) is 1.74. The number of likely N-dealkylation sites (N-methyl/N-ethyl adjacent to an activating group) is 1. The summed E-state index contributed by atoms with van der Waals surface area (Å²) in [5, 5.41) is 6.57. The largest absolute Gasteiger partial charge is 0.492 e. The Bertz CT molecular complexity index is 483. The number of hydrogen-bond donors (Lipinski definition) is 2. The first-order chi connectivity index (χ1) is 12.2. The lowest BCUT2D eigenvalue weighted by atomic mass is 10.2. The van der Waals surface area contributed by atoms with E-state index in [1.165, 1.54) is 5.56 Å². The molecule has 6 nitrogen and oxygen atoms in total. The molecule has 0 atom stereocenters. The Morgan fingerprint density at radius 3 is 2.50 bits per heavy atom. The van der Waals surface area contributed by atoms with E-state index in [-0.39, 0.29) is 24.0 Å². The number of aliphatic imine (C=N–C) groups is 1. The van der Waals surface area contributed by atoms with E-state index in [2.05, 4.69) is 53.6 Å². The lowest BCUT2D eigenvalue weighted by molar-refractivity contribution is 0.161. The number of guanidine groups is 1. The van der Waals surface area contributed by atoms with Crippen molar-refractivity contribution >= 4 is 29.9 Å². The smallest absolute Gasteiger partial charge is 0.191 e. The molecule has 0 aliphatic heterocycles. The topological polar surface area (TPSA) is 58.1 Å². The lowest BCUT2D eigenvalue weighted by Crippen LogP contribution is -2.39. The van der Waals surface area contributed by atoms with Gasteiger partial charge in [-0.25, -0.2) is 0 Å². The van der Waals surface area contributed by atoms with Crippen molar-refractivity contribution in [2.75, 3.05) is 60.1 Å². The van der Waals surface area contributed by atoms with Crippen LogP contribution < -0.4 is 15.4 Å². The van der Waals surface area contributed by atoms with Gasteiger partial charge in [-0.05, 0) is 46.0 Å². The Kier molecular flexibility index (Phi) is 15.5. The van der Waals surface area contributed by atoms with Gasteiger partial charge in [-0.1, -0.05) is 17.7 Å². The van der Waals surface area contributed by atoms with E-state index in [0.717, 1.165) is 50.9 Å². The molecule has 150 valence electrons. The third kappa shape index (κ3) is 12.3. The van der Waals surface area contributed by atoms with Gasteiger partial charge in [0.15, 0.2) is 5.96 Å². The summed E-state index contributed by atoms with van der Waals surface area (Å²) in [5.41, 5.74) is 1.24. The maximum Gasteiger partial charge on any atom is 0.191 e. The molecular formula is C19H35IN4O2. The summed E-state index contributed by atoms with van der Waals surface area (Å²) in [6.07, 6.45) is 1.02. The zero-order valence-electron chi connectivity index (χ0n) is 16.6. The Morgan fingerprint density at radius 1 is 1.12 bits per heavy atom. The average molecular weight is 478 g/mol. The molecule has 2 N–H and O–H groups in total. The molecule has 0 aliphatic carbocycles. The molecule has 0 saturated carbocycles. The molecular weight excluding hydrogens is 443 g/mol. The second kappa shape index (κ2) is 16.1. The van der Waals surface area contributed by atoms with Gasteiger partial charge in [0.1, 0.15) is 12.4 Å². The van der Waals surface area contributed by atoms with Crippen LogP contribution in [0.4, 0.5) is 0 Å². The maximum atomic E-state index is 5.72. The molecule has 7 heteroatoms. The van der Waals surface area contributed by atoms with Crippen LogP contribution in [0.2, 0.25) is 0 Å². The van der Waals surface area contributed by atoms with E-state index in [4.69, 9.17) is 9.47 Å². The third-order valence-electron chi connectivity index (χ3n) is 3.67. The van der Waals surface area contributed by atoms with Crippen molar-refractivity contribution < 1.29 is 9.47 Å². The zero-order valence-corrected chi connectivity index (χ0v) is 18.9. The van der Waals surface area contributed by atoms with Crippen LogP contribution in [0.5, 0.6) is 5.75 Å². The van der Waals surface area contributed by atoms with Crippen LogP contribution in [0, 0.1) is 6.92 Å². The SMILES string of the molecule is CCNC(=NCCCN(C)CCOC)NCCOc1ccc(C)cc1.I. The molecule has 1 aromatic carbocycles. The molecule has 0 amide bonds. The Labute approximate surface area is 175 Å². The highest BCUT2D eigenvalue weighted by molar-refractivity contribution is 14.0. The number of aryl methyl sites for hydroxylation is 1. The molecule has 0 radical (unpaired) electrons. The summed E-state index contributed by atoms with van der Waals surface area (Å²) >= 11 is 0. The number of hydrogen-bond acceptors (Lipinski definition) is 4.